The molecular weight excluding hydrogens is 250 g/mol. The predicted octanol–water partition coefficient (Wildman–Crippen LogP) is 2.63. The lowest BCUT2D eigenvalue weighted by Crippen LogP contribution is -2.23. The van der Waals surface area contributed by atoms with Crippen LogP contribution >= 0.6 is 0 Å². The van der Waals surface area contributed by atoms with Crippen LogP contribution in [0.1, 0.15) is 15.9 Å². The number of nitrogens with one attached hydrogen (secondary N) is 1. The van der Waals surface area contributed by atoms with Crippen molar-refractivity contribution in [1.29, 1.82) is 0 Å². The molecule has 0 aliphatic rings. The highest BCUT2D eigenvalue weighted by Crippen LogP contribution is 2.15. The van der Waals surface area contributed by atoms with Crippen molar-refractivity contribution in [2.24, 2.45) is 0 Å². The third-order valence-corrected chi connectivity index (χ3v) is 2.70. The van der Waals surface area contributed by atoms with Gasteiger partial charge in [-0.15, -0.1) is 6.42 Å². The van der Waals surface area contributed by atoms with Gasteiger partial charge in [0, 0.05) is 5.56 Å². The molecule has 0 aliphatic carbocycles. The standard InChI is InChI=1S/C17H15NO2/c1-2-11-18-17(19)15-9-6-10-16(12-15)20-13-14-7-4-3-5-8-14/h1,3-10,12H,11,13H2,(H,18,19). The molecule has 2 aromatic carbocycles. The number of benzene rings is 2. The fourth-order valence-corrected chi connectivity index (χ4v) is 1.70. The zero-order valence-electron chi connectivity index (χ0n) is 11.0. The molecule has 2 aromatic rings. The second kappa shape index (κ2) is 7.01. The van der Waals surface area contributed by atoms with Crippen LogP contribution in [0.25, 0.3) is 0 Å². The maximum absolute atomic E-state index is 11.8. The van der Waals surface area contributed by atoms with Gasteiger partial charge in [0.2, 0.25) is 0 Å². The minimum atomic E-state index is -0.201. The molecule has 0 bridgehead atoms. The van der Waals surface area contributed by atoms with E-state index in [0.717, 1.165) is 5.56 Å². The Morgan fingerprint density at radius 1 is 1.15 bits per heavy atom. The highest BCUT2D eigenvalue weighted by Gasteiger charge is 2.05. The Labute approximate surface area is 118 Å². The van der Waals surface area contributed by atoms with Crippen LogP contribution in [0.4, 0.5) is 0 Å². The number of ether oxygens (including phenoxy) is 1. The van der Waals surface area contributed by atoms with Gasteiger partial charge in [0.1, 0.15) is 12.4 Å². The van der Waals surface area contributed by atoms with Gasteiger partial charge in [-0.05, 0) is 23.8 Å². The van der Waals surface area contributed by atoms with Crippen molar-refractivity contribution in [3.05, 3.63) is 65.7 Å². The third-order valence-electron chi connectivity index (χ3n) is 2.70. The lowest BCUT2D eigenvalue weighted by atomic mass is 10.2. The van der Waals surface area contributed by atoms with Crippen molar-refractivity contribution in [2.45, 2.75) is 6.61 Å². The van der Waals surface area contributed by atoms with Crippen LogP contribution in [0.15, 0.2) is 54.6 Å². The van der Waals surface area contributed by atoms with Crippen molar-refractivity contribution >= 4 is 5.91 Å². The number of carbonyl (C=O) groups is 1. The summed E-state index contributed by atoms with van der Waals surface area (Å²) in [7, 11) is 0. The Bertz CT molecular complexity index is 614. The number of rotatable bonds is 5. The van der Waals surface area contributed by atoms with E-state index in [-0.39, 0.29) is 12.5 Å². The van der Waals surface area contributed by atoms with Crippen LogP contribution < -0.4 is 10.1 Å². The second-order valence-corrected chi connectivity index (χ2v) is 4.19. The van der Waals surface area contributed by atoms with E-state index < -0.39 is 0 Å². The van der Waals surface area contributed by atoms with E-state index >= 15 is 0 Å². The Hall–Kier alpha value is -2.73. The minimum absolute atomic E-state index is 0.201. The van der Waals surface area contributed by atoms with Gasteiger partial charge in [0.25, 0.3) is 5.91 Å². The molecule has 0 aromatic heterocycles. The Kier molecular flexibility index (Phi) is 4.80. The van der Waals surface area contributed by atoms with Crippen LogP contribution in [-0.2, 0) is 6.61 Å². The quantitative estimate of drug-likeness (QED) is 0.844. The summed E-state index contributed by atoms with van der Waals surface area (Å²) in [5.74, 6) is 2.82. The first kappa shape index (κ1) is 13.7. The summed E-state index contributed by atoms with van der Waals surface area (Å²) < 4.78 is 5.67. The van der Waals surface area contributed by atoms with Gasteiger partial charge in [0.15, 0.2) is 0 Å². The van der Waals surface area contributed by atoms with Gasteiger partial charge in [-0.25, -0.2) is 0 Å². The molecule has 0 saturated heterocycles. The second-order valence-electron chi connectivity index (χ2n) is 4.19. The monoisotopic (exact) mass is 265 g/mol. The molecule has 3 heteroatoms. The summed E-state index contributed by atoms with van der Waals surface area (Å²) in [5, 5.41) is 2.62. The summed E-state index contributed by atoms with van der Waals surface area (Å²) in [5.41, 5.74) is 1.61. The molecule has 2 rings (SSSR count). The Balaban J connectivity index is 1.99. The number of amides is 1. The summed E-state index contributed by atoms with van der Waals surface area (Å²) >= 11 is 0. The van der Waals surface area contributed by atoms with Crippen molar-refractivity contribution in [3.63, 3.8) is 0 Å². The molecule has 0 radical (unpaired) electrons. The molecular formula is C17H15NO2. The SMILES string of the molecule is C#CCNC(=O)c1cccc(OCc2ccccc2)c1. The van der Waals surface area contributed by atoms with E-state index in [1.807, 2.05) is 36.4 Å². The molecule has 0 spiro atoms. The average molecular weight is 265 g/mol. The van der Waals surface area contributed by atoms with Gasteiger partial charge < -0.3 is 10.1 Å². The largest absolute Gasteiger partial charge is 0.489 e. The molecule has 0 heterocycles. The van der Waals surface area contributed by atoms with Gasteiger partial charge in [-0.2, -0.15) is 0 Å². The smallest absolute Gasteiger partial charge is 0.252 e. The average Bonchev–Trinajstić information content (AvgIpc) is 2.52. The fraction of sp³-hybridized carbons (Fsp3) is 0.118. The number of terminal acetylenes is 1. The molecule has 0 aliphatic heterocycles. The number of hydrogen-bond acceptors (Lipinski definition) is 2. The Morgan fingerprint density at radius 2 is 1.95 bits per heavy atom. The first-order valence-electron chi connectivity index (χ1n) is 6.28. The maximum atomic E-state index is 11.8. The Morgan fingerprint density at radius 3 is 2.70 bits per heavy atom. The maximum Gasteiger partial charge on any atom is 0.252 e. The fourth-order valence-electron chi connectivity index (χ4n) is 1.70. The molecule has 1 amide bonds. The molecule has 0 atom stereocenters. The van der Waals surface area contributed by atoms with Crippen LogP contribution in [-0.4, -0.2) is 12.5 Å². The van der Waals surface area contributed by atoms with Gasteiger partial charge in [-0.1, -0.05) is 42.3 Å². The summed E-state index contributed by atoms with van der Waals surface area (Å²) in [6.45, 7) is 0.685. The zero-order chi connectivity index (χ0) is 14.2. The first-order valence-corrected chi connectivity index (χ1v) is 6.28. The lowest BCUT2D eigenvalue weighted by Gasteiger charge is -2.08. The normalized spacial score (nSPS) is 9.55. The molecule has 3 nitrogen and oxygen atoms in total. The van der Waals surface area contributed by atoms with E-state index in [2.05, 4.69) is 11.2 Å². The first-order chi connectivity index (χ1) is 9.79. The van der Waals surface area contributed by atoms with Crippen molar-refractivity contribution in [2.75, 3.05) is 6.54 Å². The number of hydrogen-bond donors (Lipinski definition) is 1. The van der Waals surface area contributed by atoms with Crippen LogP contribution in [0, 0.1) is 12.3 Å². The van der Waals surface area contributed by atoms with E-state index in [0.29, 0.717) is 17.9 Å². The van der Waals surface area contributed by atoms with Crippen molar-refractivity contribution in [3.8, 4) is 18.1 Å². The van der Waals surface area contributed by atoms with E-state index in [4.69, 9.17) is 11.2 Å². The third kappa shape index (κ3) is 3.89. The number of carbonyl (C=O) groups excluding carboxylic acids is 1. The van der Waals surface area contributed by atoms with Crippen molar-refractivity contribution < 1.29 is 9.53 Å². The highest BCUT2D eigenvalue weighted by atomic mass is 16.5. The van der Waals surface area contributed by atoms with Crippen LogP contribution in [0.2, 0.25) is 0 Å². The van der Waals surface area contributed by atoms with E-state index in [1.165, 1.54) is 0 Å². The van der Waals surface area contributed by atoms with Gasteiger partial charge >= 0.3 is 0 Å². The minimum Gasteiger partial charge on any atom is -0.489 e. The molecule has 0 saturated carbocycles. The summed E-state index contributed by atoms with van der Waals surface area (Å²) in [6.07, 6.45) is 5.11. The molecule has 0 unspecified atom stereocenters. The van der Waals surface area contributed by atoms with Gasteiger partial charge in [-0.3, -0.25) is 4.79 Å². The summed E-state index contributed by atoms with van der Waals surface area (Å²) in [6, 6.07) is 16.9. The summed E-state index contributed by atoms with van der Waals surface area (Å²) in [4.78, 5) is 11.8. The molecule has 20 heavy (non-hydrogen) atoms. The molecule has 0 fully saturated rings. The lowest BCUT2D eigenvalue weighted by molar-refractivity contribution is 0.0958. The van der Waals surface area contributed by atoms with Crippen molar-refractivity contribution in [1.82, 2.24) is 5.32 Å². The zero-order valence-corrected chi connectivity index (χ0v) is 11.0. The molecule has 1 N–H and O–H groups in total. The topological polar surface area (TPSA) is 38.3 Å². The van der Waals surface area contributed by atoms with Gasteiger partial charge in [0.05, 0.1) is 6.54 Å². The van der Waals surface area contributed by atoms with Crippen LogP contribution in [0.5, 0.6) is 5.75 Å². The van der Waals surface area contributed by atoms with E-state index in [9.17, 15) is 4.79 Å². The highest BCUT2D eigenvalue weighted by molar-refractivity contribution is 5.94. The predicted molar refractivity (Wildman–Crippen MR) is 78.4 cm³/mol. The molecule has 100 valence electrons. The van der Waals surface area contributed by atoms with Crippen LogP contribution in [0.3, 0.4) is 0 Å². The van der Waals surface area contributed by atoms with E-state index in [1.54, 1.807) is 18.2 Å².